The van der Waals surface area contributed by atoms with Crippen LogP contribution < -0.4 is 0 Å². The molecule has 146 valence electrons. The van der Waals surface area contributed by atoms with Gasteiger partial charge in [0.25, 0.3) is 11.4 Å². The van der Waals surface area contributed by atoms with Crippen LogP contribution >= 0.6 is 69.6 Å². The Morgan fingerprint density at radius 1 is 0.571 bits per heavy atom. The standard InChI is InChI=1S/C14H2Cl6N2O6/c15-7-3(1-23)9(17)13(21(25)26)5(11(7)19)6-12(20)8(16)4(2-24)10(18)14(6)22(27)28/h1-2H. The second-order valence-electron chi connectivity index (χ2n) is 4.91. The highest BCUT2D eigenvalue weighted by molar-refractivity contribution is 6.51. The van der Waals surface area contributed by atoms with Gasteiger partial charge in [-0.15, -0.1) is 0 Å². The van der Waals surface area contributed by atoms with E-state index in [9.17, 15) is 29.8 Å². The molecule has 0 radical (unpaired) electrons. The van der Waals surface area contributed by atoms with Crippen LogP contribution in [0.1, 0.15) is 20.7 Å². The van der Waals surface area contributed by atoms with Crippen molar-refractivity contribution in [3.8, 4) is 11.1 Å². The molecule has 0 aliphatic heterocycles. The van der Waals surface area contributed by atoms with E-state index in [0.29, 0.717) is 0 Å². The second-order valence-corrected chi connectivity index (χ2v) is 7.18. The third kappa shape index (κ3) is 3.41. The van der Waals surface area contributed by atoms with Crippen LogP contribution in [0.3, 0.4) is 0 Å². The summed E-state index contributed by atoms with van der Waals surface area (Å²) in [6, 6.07) is 0. The molecule has 0 aliphatic rings. The molecule has 0 amide bonds. The van der Waals surface area contributed by atoms with Gasteiger partial charge in [-0.25, -0.2) is 0 Å². The van der Waals surface area contributed by atoms with Crippen molar-refractivity contribution in [1.82, 2.24) is 0 Å². The molecular weight excluding hydrogens is 505 g/mol. The fourth-order valence-electron chi connectivity index (χ4n) is 2.34. The Labute approximate surface area is 185 Å². The van der Waals surface area contributed by atoms with Crippen molar-refractivity contribution < 1.29 is 19.4 Å². The van der Waals surface area contributed by atoms with Gasteiger partial charge in [-0.1, -0.05) is 69.6 Å². The predicted molar refractivity (Wildman–Crippen MR) is 106 cm³/mol. The molecule has 2 rings (SSSR count). The van der Waals surface area contributed by atoms with Gasteiger partial charge in [0.2, 0.25) is 0 Å². The number of aldehydes is 2. The molecule has 2 aromatic carbocycles. The van der Waals surface area contributed by atoms with E-state index in [1.165, 1.54) is 0 Å². The average molecular weight is 507 g/mol. The van der Waals surface area contributed by atoms with E-state index < -0.39 is 73.6 Å². The lowest BCUT2D eigenvalue weighted by atomic mass is 9.97. The van der Waals surface area contributed by atoms with Crippen molar-refractivity contribution in [3.05, 3.63) is 61.5 Å². The molecule has 0 N–H and O–H groups in total. The van der Waals surface area contributed by atoms with Crippen LogP contribution in [-0.2, 0) is 0 Å². The fraction of sp³-hybridized carbons (Fsp3) is 0. The zero-order valence-electron chi connectivity index (χ0n) is 12.8. The Bertz CT molecular complexity index is 1000. The third-order valence-corrected chi connectivity index (χ3v) is 6.01. The Balaban J connectivity index is 3.27. The van der Waals surface area contributed by atoms with Gasteiger partial charge < -0.3 is 0 Å². The van der Waals surface area contributed by atoms with E-state index in [1.807, 2.05) is 0 Å². The minimum absolute atomic E-state index is 0.124. The maximum absolute atomic E-state index is 11.6. The number of hydrogen-bond acceptors (Lipinski definition) is 6. The topological polar surface area (TPSA) is 120 Å². The van der Waals surface area contributed by atoms with E-state index in [0.717, 1.165) is 0 Å². The van der Waals surface area contributed by atoms with Gasteiger partial charge in [-0.2, -0.15) is 0 Å². The average Bonchev–Trinajstić information content (AvgIpc) is 2.61. The molecule has 2 aromatic rings. The molecule has 0 spiro atoms. The molecule has 0 aliphatic carbocycles. The molecule has 0 aromatic heterocycles. The summed E-state index contributed by atoms with van der Waals surface area (Å²) in [5, 5.41) is 19.4. The van der Waals surface area contributed by atoms with Crippen molar-refractivity contribution in [2.75, 3.05) is 0 Å². The van der Waals surface area contributed by atoms with E-state index >= 15 is 0 Å². The van der Waals surface area contributed by atoms with Gasteiger partial charge in [-0.05, 0) is 0 Å². The number of nitro benzene ring substituents is 2. The van der Waals surface area contributed by atoms with Gasteiger partial charge in [0.15, 0.2) is 12.6 Å². The Morgan fingerprint density at radius 3 is 1.07 bits per heavy atom. The van der Waals surface area contributed by atoms with Gasteiger partial charge in [0, 0.05) is 0 Å². The lowest BCUT2D eigenvalue weighted by Gasteiger charge is -2.15. The molecule has 0 bridgehead atoms. The summed E-state index contributed by atoms with van der Waals surface area (Å²) < 4.78 is 0. The zero-order valence-corrected chi connectivity index (χ0v) is 17.3. The summed E-state index contributed by atoms with van der Waals surface area (Å²) in [6.07, 6.45) is 0.248. The highest BCUT2D eigenvalue weighted by Crippen LogP contribution is 2.55. The van der Waals surface area contributed by atoms with Crippen molar-refractivity contribution in [3.63, 3.8) is 0 Å². The van der Waals surface area contributed by atoms with Crippen molar-refractivity contribution in [1.29, 1.82) is 0 Å². The lowest BCUT2D eigenvalue weighted by Crippen LogP contribution is -2.04. The smallest absolute Gasteiger partial charge is 0.298 e. The SMILES string of the molecule is O=Cc1c(Cl)c(Cl)c(-c2c(Cl)c(Cl)c(C=O)c(Cl)c2[N+](=O)[O-])c([N+](=O)[O-])c1Cl. The van der Waals surface area contributed by atoms with Gasteiger partial charge in [0.05, 0.1) is 52.2 Å². The zero-order chi connectivity index (χ0) is 21.5. The molecule has 14 heteroatoms. The minimum atomic E-state index is -1.04. The first kappa shape index (κ1) is 22.6. The van der Waals surface area contributed by atoms with Crippen LogP contribution in [0, 0.1) is 20.2 Å². The van der Waals surface area contributed by atoms with Crippen LogP contribution in [0.5, 0.6) is 0 Å². The molecule has 0 heterocycles. The summed E-state index contributed by atoms with van der Waals surface area (Å²) in [5.41, 5.74) is -4.38. The van der Waals surface area contributed by atoms with Crippen molar-refractivity contribution in [2.24, 2.45) is 0 Å². The second kappa shape index (κ2) is 8.36. The first-order chi connectivity index (χ1) is 13.0. The summed E-state index contributed by atoms with van der Waals surface area (Å²) in [7, 11) is 0. The Kier molecular flexibility index (Phi) is 6.75. The minimum Gasteiger partial charge on any atom is -0.298 e. The molecule has 0 fully saturated rings. The molecule has 0 saturated heterocycles. The van der Waals surface area contributed by atoms with Crippen LogP contribution in [0.4, 0.5) is 11.4 Å². The first-order valence-corrected chi connectivity index (χ1v) is 8.88. The number of rotatable bonds is 5. The number of hydrogen-bond donors (Lipinski definition) is 0. The Morgan fingerprint density at radius 2 is 0.857 bits per heavy atom. The van der Waals surface area contributed by atoms with Crippen LogP contribution in [-0.4, -0.2) is 22.4 Å². The van der Waals surface area contributed by atoms with E-state index in [-0.39, 0.29) is 12.6 Å². The van der Waals surface area contributed by atoms with Crippen LogP contribution in [0.15, 0.2) is 0 Å². The number of carbonyl (C=O) groups excluding carboxylic acids is 2. The third-order valence-electron chi connectivity index (χ3n) is 3.51. The quantitative estimate of drug-likeness (QED) is 0.192. The van der Waals surface area contributed by atoms with Crippen LogP contribution in [0.2, 0.25) is 30.1 Å². The van der Waals surface area contributed by atoms with Gasteiger partial charge in [0.1, 0.15) is 10.0 Å². The highest BCUT2D eigenvalue weighted by Gasteiger charge is 2.38. The summed E-state index contributed by atoms with van der Waals surface area (Å²) in [4.78, 5) is 43.5. The Hall–Kier alpha value is -1.68. The number of carbonyl (C=O) groups is 2. The van der Waals surface area contributed by atoms with Crippen molar-refractivity contribution in [2.45, 2.75) is 0 Å². The van der Waals surface area contributed by atoms with Crippen molar-refractivity contribution >= 4 is 93.6 Å². The molecule has 8 nitrogen and oxygen atoms in total. The van der Waals surface area contributed by atoms with E-state index in [4.69, 9.17) is 69.6 Å². The van der Waals surface area contributed by atoms with Gasteiger partial charge >= 0.3 is 0 Å². The number of halogens is 6. The monoisotopic (exact) mass is 504 g/mol. The lowest BCUT2D eigenvalue weighted by molar-refractivity contribution is -0.386. The molecule has 0 atom stereocenters. The molecule has 0 unspecified atom stereocenters. The number of benzene rings is 2. The highest BCUT2D eigenvalue weighted by atomic mass is 35.5. The summed E-state index contributed by atoms with van der Waals surface area (Å²) >= 11 is 35.8. The van der Waals surface area contributed by atoms with E-state index in [1.54, 1.807) is 0 Å². The molecule has 0 saturated carbocycles. The fourth-order valence-corrected chi connectivity index (χ4v) is 4.08. The summed E-state index contributed by atoms with van der Waals surface area (Å²) in [5.74, 6) is 0. The largest absolute Gasteiger partial charge is 0.298 e. The summed E-state index contributed by atoms with van der Waals surface area (Å²) in [6.45, 7) is 0. The predicted octanol–water partition coefficient (Wildman–Crippen LogP) is 6.72. The first-order valence-electron chi connectivity index (χ1n) is 6.61. The normalized spacial score (nSPS) is 10.6. The van der Waals surface area contributed by atoms with Crippen LogP contribution in [0.25, 0.3) is 11.1 Å². The maximum Gasteiger partial charge on any atom is 0.298 e. The van der Waals surface area contributed by atoms with E-state index in [2.05, 4.69) is 0 Å². The number of nitrogens with zero attached hydrogens (tertiary/aromatic N) is 2. The number of nitro groups is 2. The molecular formula is C14H2Cl6N2O6. The molecule has 28 heavy (non-hydrogen) atoms. The maximum atomic E-state index is 11.6. The van der Waals surface area contributed by atoms with Gasteiger partial charge in [-0.3, -0.25) is 29.8 Å².